The van der Waals surface area contributed by atoms with Gasteiger partial charge < -0.3 is 24.3 Å². The first-order valence-electron chi connectivity index (χ1n) is 7.17. The van der Waals surface area contributed by atoms with Crippen LogP contribution in [0.1, 0.15) is 24.9 Å². The maximum atomic E-state index is 5.37. The van der Waals surface area contributed by atoms with E-state index in [1.165, 1.54) is 5.56 Å². The molecule has 0 fully saturated rings. The molecule has 21 heavy (non-hydrogen) atoms. The highest BCUT2D eigenvalue weighted by atomic mass is 16.5. The van der Waals surface area contributed by atoms with Crippen LogP contribution in [0.3, 0.4) is 0 Å². The van der Waals surface area contributed by atoms with Gasteiger partial charge in [0.2, 0.25) is 0 Å². The second kappa shape index (κ2) is 9.60. The van der Waals surface area contributed by atoms with E-state index >= 15 is 0 Å². The largest absolute Gasteiger partial charge is 0.493 e. The molecule has 5 nitrogen and oxygen atoms in total. The predicted molar refractivity (Wildman–Crippen MR) is 83.3 cm³/mol. The van der Waals surface area contributed by atoms with Gasteiger partial charge in [-0.1, -0.05) is 13.0 Å². The zero-order valence-electron chi connectivity index (χ0n) is 13.6. The normalized spacial score (nSPS) is 13.8. The molecule has 120 valence electrons. The second-order valence-corrected chi connectivity index (χ2v) is 4.80. The molecule has 1 N–H and O–H groups in total. The molecule has 0 aliphatic heterocycles. The number of hydrogen-bond acceptors (Lipinski definition) is 5. The number of hydrogen-bond donors (Lipinski definition) is 1. The molecule has 0 aliphatic carbocycles. The molecule has 0 amide bonds. The molecule has 0 spiro atoms. The number of ether oxygens (including phenoxy) is 4. The average molecular weight is 297 g/mol. The summed E-state index contributed by atoms with van der Waals surface area (Å²) in [6, 6.07) is 6.24. The number of rotatable bonds is 10. The Hall–Kier alpha value is -1.30. The minimum Gasteiger partial charge on any atom is -0.493 e. The quantitative estimate of drug-likeness (QED) is 0.718. The Labute approximate surface area is 127 Å². The van der Waals surface area contributed by atoms with Crippen LogP contribution >= 0.6 is 0 Å². The van der Waals surface area contributed by atoms with Crippen LogP contribution in [0.4, 0.5) is 0 Å². The van der Waals surface area contributed by atoms with E-state index in [-0.39, 0.29) is 12.1 Å². The lowest BCUT2D eigenvalue weighted by Gasteiger charge is -2.22. The maximum Gasteiger partial charge on any atom is 0.161 e. The van der Waals surface area contributed by atoms with E-state index in [0.29, 0.717) is 6.61 Å². The fourth-order valence-corrected chi connectivity index (χ4v) is 2.24. The fraction of sp³-hybridized carbons (Fsp3) is 0.625. The Balaban J connectivity index is 2.75. The third-order valence-corrected chi connectivity index (χ3v) is 3.50. The molecule has 0 radical (unpaired) electrons. The van der Waals surface area contributed by atoms with Crippen molar-refractivity contribution >= 4 is 0 Å². The Kier molecular flexibility index (Phi) is 8.12. The first-order chi connectivity index (χ1) is 10.2. The first-order valence-corrected chi connectivity index (χ1v) is 7.17. The Morgan fingerprint density at radius 3 is 2.29 bits per heavy atom. The summed E-state index contributed by atoms with van der Waals surface area (Å²) in [4.78, 5) is 0. The molecule has 0 bridgehead atoms. The molecule has 1 rings (SSSR count). The predicted octanol–water partition coefficient (Wildman–Crippen LogP) is 2.41. The fourth-order valence-electron chi connectivity index (χ4n) is 2.24. The van der Waals surface area contributed by atoms with E-state index in [0.717, 1.165) is 24.5 Å². The third kappa shape index (κ3) is 5.19. The zero-order chi connectivity index (χ0) is 15.7. The van der Waals surface area contributed by atoms with Gasteiger partial charge >= 0.3 is 0 Å². The topological polar surface area (TPSA) is 49.0 Å². The molecule has 5 heteroatoms. The zero-order valence-corrected chi connectivity index (χ0v) is 13.6. The highest BCUT2D eigenvalue weighted by Gasteiger charge is 2.15. The molecule has 1 aromatic carbocycles. The van der Waals surface area contributed by atoms with Crippen LogP contribution < -0.4 is 14.8 Å². The summed E-state index contributed by atoms with van der Waals surface area (Å²) in [7, 11) is 6.66. The van der Waals surface area contributed by atoms with Gasteiger partial charge in [0.05, 0.1) is 26.9 Å². The molecule has 0 aromatic heterocycles. The summed E-state index contributed by atoms with van der Waals surface area (Å²) >= 11 is 0. The van der Waals surface area contributed by atoms with Crippen LogP contribution in [-0.4, -0.2) is 47.7 Å². The molecular formula is C16H27NO4. The standard InChI is InChI=1S/C16H27NO4/c1-6-14(17-10-13(19-3)11-18-2)12-7-8-15(20-4)16(9-12)21-5/h7-9,13-14,17H,6,10-11H2,1-5H3. The van der Waals surface area contributed by atoms with E-state index < -0.39 is 0 Å². The average Bonchev–Trinajstić information content (AvgIpc) is 2.53. The summed E-state index contributed by atoms with van der Waals surface area (Å²) in [6.45, 7) is 3.45. The van der Waals surface area contributed by atoms with E-state index in [1.807, 2.05) is 12.1 Å². The Morgan fingerprint density at radius 1 is 1.05 bits per heavy atom. The van der Waals surface area contributed by atoms with Crippen molar-refractivity contribution in [1.29, 1.82) is 0 Å². The second-order valence-electron chi connectivity index (χ2n) is 4.80. The smallest absolute Gasteiger partial charge is 0.161 e. The summed E-state index contributed by atoms with van der Waals surface area (Å²) in [5, 5.41) is 3.51. The maximum absolute atomic E-state index is 5.37. The molecule has 0 saturated heterocycles. The van der Waals surface area contributed by atoms with Gasteiger partial charge in [0.1, 0.15) is 0 Å². The summed E-state index contributed by atoms with van der Waals surface area (Å²) in [5.74, 6) is 1.49. The van der Waals surface area contributed by atoms with Crippen LogP contribution in [0.25, 0.3) is 0 Å². The van der Waals surface area contributed by atoms with E-state index in [2.05, 4.69) is 18.3 Å². The minimum absolute atomic E-state index is 0.0455. The van der Waals surface area contributed by atoms with Gasteiger partial charge in [-0.3, -0.25) is 0 Å². The third-order valence-electron chi connectivity index (χ3n) is 3.50. The summed E-state index contributed by atoms with van der Waals surface area (Å²) < 4.78 is 21.1. The van der Waals surface area contributed by atoms with Crippen LogP contribution in [0.2, 0.25) is 0 Å². The molecule has 0 aliphatic rings. The number of benzene rings is 1. The summed E-state index contributed by atoms with van der Waals surface area (Å²) in [5.41, 5.74) is 1.17. The van der Waals surface area contributed by atoms with Gasteiger partial charge in [-0.15, -0.1) is 0 Å². The van der Waals surface area contributed by atoms with Crippen molar-refractivity contribution in [2.45, 2.75) is 25.5 Å². The number of methoxy groups -OCH3 is 4. The number of nitrogens with one attached hydrogen (secondary N) is 1. The molecule has 2 unspecified atom stereocenters. The molecule has 2 atom stereocenters. The van der Waals surface area contributed by atoms with Crippen LogP contribution in [0.5, 0.6) is 11.5 Å². The lowest BCUT2D eigenvalue weighted by molar-refractivity contribution is 0.0272. The molecule has 0 heterocycles. The molecule has 1 aromatic rings. The van der Waals surface area contributed by atoms with Crippen molar-refractivity contribution < 1.29 is 18.9 Å². The van der Waals surface area contributed by atoms with Gasteiger partial charge in [-0.25, -0.2) is 0 Å². The highest BCUT2D eigenvalue weighted by molar-refractivity contribution is 5.43. The van der Waals surface area contributed by atoms with Crippen LogP contribution in [0.15, 0.2) is 18.2 Å². The van der Waals surface area contributed by atoms with Gasteiger partial charge in [-0.2, -0.15) is 0 Å². The minimum atomic E-state index is 0.0455. The highest BCUT2D eigenvalue weighted by Crippen LogP contribution is 2.30. The van der Waals surface area contributed by atoms with Crippen LogP contribution in [0, 0.1) is 0 Å². The van der Waals surface area contributed by atoms with Crippen molar-refractivity contribution in [3.63, 3.8) is 0 Å². The lowest BCUT2D eigenvalue weighted by Crippen LogP contribution is -2.34. The van der Waals surface area contributed by atoms with Crippen molar-refractivity contribution in [2.24, 2.45) is 0 Å². The van der Waals surface area contributed by atoms with Crippen molar-refractivity contribution in [3.8, 4) is 11.5 Å². The molecular weight excluding hydrogens is 270 g/mol. The van der Waals surface area contributed by atoms with Gasteiger partial charge in [0, 0.05) is 26.8 Å². The van der Waals surface area contributed by atoms with E-state index in [4.69, 9.17) is 18.9 Å². The van der Waals surface area contributed by atoms with Gasteiger partial charge in [-0.05, 0) is 24.1 Å². The molecule has 0 saturated carbocycles. The summed E-state index contributed by atoms with van der Waals surface area (Å²) in [6.07, 6.45) is 1.02. The van der Waals surface area contributed by atoms with Gasteiger partial charge in [0.15, 0.2) is 11.5 Å². The van der Waals surface area contributed by atoms with Crippen molar-refractivity contribution in [3.05, 3.63) is 23.8 Å². The first kappa shape index (κ1) is 17.8. The lowest BCUT2D eigenvalue weighted by atomic mass is 10.0. The Morgan fingerprint density at radius 2 is 1.76 bits per heavy atom. The van der Waals surface area contributed by atoms with Gasteiger partial charge in [0.25, 0.3) is 0 Å². The SMILES string of the molecule is CCC(NCC(COC)OC)c1ccc(OC)c(OC)c1. The monoisotopic (exact) mass is 297 g/mol. The van der Waals surface area contributed by atoms with Crippen LogP contribution in [-0.2, 0) is 9.47 Å². The van der Waals surface area contributed by atoms with Crippen molar-refractivity contribution in [2.75, 3.05) is 41.6 Å². The Bertz CT molecular complexity index is 411. The van der Waals surface area contributed by atoms with E-state index in [9.17, 15) is 0 Å². The van der Waals surface area contributed by atoms with Crippen molar-refractivity contribution in [1.82, 2.24) is 5.32 Å². The van der Waals surface area contributed by atoms with E-state index in [1.54, 1.807) is 28.4 Å².